The van der Waals surface area contributed by atoms with Crippen molar-refractivity contribution < 1.29 is 14.6 Å². The zero-order valence-corrected chi connectivity index (χ0v) is 20.7. The van der Waals surface area contributed by atoms with Gasteiger partial charge in [-0.1, -0.05) is 11.6 Å². The summed E-state index contributed by atoms with van der Waals surface area (Å²) in [5.41, 5.74) is -0.459. The number of nitrogens with zero attached hydrogens (tertiary/aromatic N) is 2. The van der Waals surface area contributed by atoms with Gasteiger partial charge in [0.2, 0.25) is 0 Å². The first kappa shape index (κ1) is 25.1. The van der Waals surface area contributed by atoms with E-state index in [2.05, 4.69) is 16.4 Å². The first-order chi connectivity index (χ1) is 15.2. The molecule has 4 rings (SSSR count). The van der Waals surface area contributed by atoms with Crippen molar-refractivity contribution in [3.05, 3.63) is 35.6 Å². The molecule has 0 spiro atoms. The van der Waals surface area contributed by atoms with Gasteiger partial charge in [-0.25, -0.2) is 4.79 Å². The van der Waals surface area contributed by atoms with Crippen LogP contribution in [-0.2, 0) is 4.74 Å². The predicted octanol–water partition coefficient (Wildman–Crippen LogP) is 5.11. The highest BCUT2D eigenvalue weighted by molar-refractivity contribution is 8.00. The van der Waals surface area contributed by atoms with E-state index in [1.54, 1.807) is 4.90 Å². The standard InChI is InChI=1S/C14H15ClN2S.C10H19NO3/c15-13-6-11-8-17-5-3-10(11)7-14(13)18-12-2-1-4-16-9-12;1-10(2,3)14-9(13)11-6-4-5-8(12)7-11/h3,5-8,12,16H,1-2,4,9H2;8,12H,4-7H2,1-3H3. The summed E-state index contributed by atoms with van der Waals surface area (Å²) in [5.74, 6) is 0. The van der Waals surface area contributed by atoms with E-state index in [0.29, 0.717) is 18.3 Å². The van der Waals surface area contributed by atoms with Crippen LogP contribution in [0.1, 0.15) is 46.5 Å². The van der Waals surface area contributed by atoms with E-state index in [0.717, 1.165) is 36.3 Å². The van der Waals surface area contributed by atoms with Crippen LogP contribution in [0.15, 0.2) is 35.5 Å². The Kier molecular flexibility index (Phi) is 9.05. The van der Waals surface area contributed by atoms with Crippen LogP contribution in [0, 0.1) is 0 Å². The lowest BCUT2D eigenvalue weighted by atomic mass is 10.1. The molecule has 2 N–H and O–H groups in total. The highest BCUT2D eigenvalue weighted by Crippen LogP contribution is 2.35. The molecule has 1 aromatic carbocycles. The number of thioether (sulfide) groups is 1. The van der Waals surface area contributed by atoms with Crippen molar-refractivity contribution in [2.45, 2.75) is 68.3 Å². The minimum absolute atomic E-state index is 0.323. The van der Waals surface area contributed by atoms with Crippen molar-refractivity contribution in [2.75, 3.05) is 26.2 Å². The van der Waals surface area contributed by atoms with E-state index >= 15 is 0 Å². The molecule has 32 heavy (non-hydrogen) atoms. The van der Waals surface area contributed by atoms with Gasteiger partial charge >= 0.3 is 6.09 Å². The molecule has 1 aromatic heterocycles. The van der Waals surface area contributed by atoms with Crippen LogP contribution in [0.25, 0.3) is 10.8 Å². The van der Waals surface area contributed by atoms with Gasteiger partial charge in [-0.2, -0.15) is 0 Å². The van der Waals surface area contributed by atoms with Crippen LogP contribution in [0.2, 0.25) is 5.02 Å². The quantitative estimate of drug-likeness (QED) is 0.623. The van der Waals surface area contributed by atoms with E-state index in [4.69, 9.17) is 16.3 Å². The molecule has 2 unspecified atom stereocenters. The number of carbonyl (C=O) groups excluding carboxylic acids is 1. The highest BCUT2D eigenvalue weighted by Gasteiger charge is 2.26. The Balaban J connectivity index is 0.000000188. The molecular formula is C24H34ClN3O3S. The Hall–Kier alpha value is -1.54. The Bertz CT molecular complexity index is 900. The largest absolute Gasteiger partial charge is 0.444 e. The van der Waals surface area contributed by atoms with Crippen LogP contribution >= 0.6 is 23.4 Å². The summed E-state index contributed by atoms with van der Waals surface area (Å²) < 4.78 is 5.20. The summed E-state index contributed by atoms with van der Waals surface area (Å²) in [4.78, 5) is 18.4. The van der Waals surface area contributed by atoms with Crippen molar-refractivity contribution in [2.24, 2.45) is 0 Å². The maximum Gasteiger partial charge on any atom is 0.410 e. The SMILES string of the molecule is CC(C)(C)OC(=O)N1CCCC(O)C1.Clc1cc2cnccc2cc1SC1CCCNC1. The summed E-state index contributed by atoms with van der Waals surface area (Å²) in [6.07, 6.45) is 7.12. The molecule has 6 nitrogen and oxygen atoms in total. The van der Waals surface area contributed by atoms with Gasteiger partial charge in [-0.15, -0.1) is 11.8 Å². The fourth-order valence-electron chi connectivity index (χ4n) is 3.72. The van der Waals surface area contributed by atoms with Crippen LogP contribution in [-0.4, -0.2) is 64.2 Å². The number of benzene rings is 1. The number of likely N-dealkylation sites (tertiary alicyclic amines) is 1. The number of hydrogen-bond donors (Lipinski definition) is 2. The van der Waals surface area contributed by atoms with Crippen LogP contribution in [0.4, 0.5) is 4.79 Å². The third kappa shape index (κ3) is 7.80. The number of rotatable bonds is 2. The number of aliphatic hydroxyl groups excluding tert-OH is 1. The van der Waals surface area contributed by atoms with Crippen LogP contribution in [0.3, 0.4) is 0 Å². The molecule has 176 valence electrons. The Morgan fingerprint density at radius 3 is 2.78 bits per heavy atom. The number of ether oxygens (including phenoxy) is 1. The van der Waals surface area contributed by atoms with Crippen molar-refractivity contribution in [3.63, 3.8) is 0 Å². The number of carbonyl (C=O) groups is 1. The minimum Gasteiger partial charge on any atom is -0.444 e. The first-order valence-corrected chi connectivity index (χ1v) is 12.5. The lowest BCUT2D eigenvalue weighted by Crippen LogP contribution is -2.44. The molecule has 2 atom stereocenters. The lowest BCUT2D eigenvalue weighted by Gasteiger charge is -2.32. The Morgan fingerprint density at radius 1 is 1.28 bits per heavy atom. The number of β-amino-alcohol motifs (C(OH)–C–C–N with tert-alkyl or cyclic N) is 1. The van der Waals surface area contributed by atoms with Gasteiger partial charge in [0.1, 0.15) is 5.60 Å². The average molecular weight is 480 g/mol. The number of piperidine rings is 2. The number of aliphatic hydroxyl groups is 1. The van der Waals surface area contributed by atoms with Crippen LogP contribution < -0.4 is 5.32 Å². The fourth-order valence-corrected chi connectivity index (χ4v) is 5.24. The van der Waals surface area contributed by atoms with Crippen LogP contribution in [0.5, 0.6) is 0 Å². The van der Waals surface area contributed by atoms with E-state index in [1.807, 2.05) is 57.1 Å². The van der Waals surface area contributed by atoms with Gasteiger partial charge in [0, 0.05) is 47.6 Å². The van der Waals surface area contributed by atoms with E-state index < -0.39 is 11.7 Å². The number of fused-ring (bicyclic) bond motifs is 1. The fraction of sp³-hybridized carbons (Fsp3) is 0.583. The maximum atomic E-state index is 11.6. The van der Waals surface area contributed by atoms with Gasteiger partial charge in [0.15, 0.2) is 0 Å². The second-order valence-corrected chi connectivity index (χ2v) is 11.1. The Labute approximate surface area is 200 Å². The number of aromatic nitrogens is 1. The predicted molar refractivity (Wildman–Crippen MR) is 132 cm³/mol. The third-order valence-electron chi connectivity index (χ3n) is 5.28. The Morgan fingerprint density at radius 2 is 2.09 bits per heavy atom. The van der Waals surface area contributed by atoms with Gasteiger partial charge in [-0.05, 0) is 76.6 Å². The van der Waals surface area contributed by atoms with Gasteiger partial charge in [0.25, 0.3) is 0 Å². The van der Waals surface area contributed by atoms with Crippen molar-refractivity contribution in [1.29, 1.82) is 0 Å². The molecule has 0 saturated carbocycles. The molecule has 2 aliphatic heterocycles. The number of halogens is 1. The van der Waals surface area contributed by atoms with Crippen molar-refractivity contribution >= 4 is 40.2 Å². The number of hydrogen-bond acceptors (Lipinski definition) is 6. The summed E-state index contributed by atoms with van der Waals surface area (Å²) in [7, 11) is 0. The number of pyridine rings is 1. The lowest BCUT2D eigenvalue weighted by molar-refractivity contribution is 0.00391. The van der Waals surface area contributed by atoms with E-state index in [1.165, 1.54) is 23.1 Å². The number of nitrogens with one attached hydrogen (secondary N) is 1. The molecule has 2 fully saturated rings. The molecule has 8 heteroatoms. The minimum atomic E-state index is -0.459. The van der Waals surface area contributed by atoms with Gasteiger partial charge in [0.05, 0.1) is 11.1 Å². The van der Waals surface area contributed by atoms with Gasteiger partial charge < -0.3 is 20.1 Å². The number of amides is 1. The second kappa shape index (κ2) is 11.5. The van der Waals surface area contributed by atoms with Crippen molar-refractivity contribution in [1.82, 2.24) is 15.2 Å². The monoisotopic (exact) mass is 479 g/mol. The molecule has 1 amide bonds. The molecule has 2 aliphatic rings. The maximum absolute atomic E-state index is 11.6. The highest BCUT2D eigenvalue weighted by atomic mass is 35.5. The van der Waals surface area contributed by atoms with E-state index in [9.17, 15) is 9.90 Å². The summed E-state index contributed by atoms with van der Waals surface area (Å²) >= 11 is 8.24. The smallest absolute Gasteiger partial charge is 0.410 e. The zero-order valence-electron chi connectivity index (χ0n) is 19.1. The third-order valence-corrected chi connectivity index (χ3v) is 7.04. The molecule has 2 aromatic rings. The summed E-state index contributed by atoms with van der Waals surface area (Å²) in [6.45, 7) is 8.83. The molecule has 2 saturated heterocycles. The van der Waals surface area contributed by atoms with Gasteiger partial charge in [-0.3, -0.25) is 4.98 Å². The molecule has 0 radical (unpaired) electrons. The topological polar surface area (TPSA) is 74.7 Å². The molecule has 0 bridgehead atoms. The second-order valence-electron chi connectivity index (χ2n) is 9.31. The summed E-state index contributed by atoms with van der Waals surface area (Å²) in [6, 6.07) is 6.23. The zero-order chi connectivity index (χ0) is 23.1. The first-order valence-electron chi connectivity index (χ1n) is 11.3. The molecular weight excluding hydrogens is 446 g/mol. The van der Waals surface area contributed by atoms with Crippen molar-refractivity contribution in [3.8, 4) is 0 Å². The molecule has 3 heterocycles. The molecule has 0 aliphatic carbocycles. The normalized spacial score (nSPS) is 21.6. The average Bonchev–Trinajstić information content (AvgIpc) is 2.74. The summed E-state index contributed by atoms with van der Waals surface area (Å²) in [5, 5.41) is 16.6. The van der Waals surface area contributed by atoms with E-state index in [-0.39, 0.29) is 6.09 Å².